The van der Waals surface area contributed by atoms with E-state index in [2.05, 4.69) is 175 Å². The van der Waals surface area contributed by atoms with Gasteiger partial charge in [0.05, 0.1) is 17.1 Å². The lowest BCUT2D eigenvalue weighted by molar-refractivity contribution is 0.669. The summed E-state index contributed by atoms with van der Waals surface area (Å²) in [6.45, 7) is 0. The smallest absolute Gasteiger partial charge is 0.159 e. The van der Waals surface area contributed by atoms with Crippen molar-refractivity contribution >= 4 is 71.3 Å². The van der Waals surface area contributed by atoms with Gasteiger partial charge in [0, 0.05) is 21.7 Å². The number of anilines is 3. The SMILES string of the molecule is c1ccc(-c2ccc(N(c3ccc4ccc5cccc6ccc3c4c56)c3cccc4c3oc3ccccc34)c(-c3ccccc3)c2)cc1. The molecule has 10 rings (SSSR count). The normalized spacial score (nSPS) is 11.8. The monoisotopic (exact) mass is 611 g/mol. The highest BCUT2D eigenvalue weighted by Gasteiger charge is 2.25. The summed E-state index contributed by atoms with van der Waals surface area (Å²) < 4.78 is 6.73. The third kappa shape index (κ3) is 4.06. The standard InChI is InChI=1S/C46H29NO/c1-3-11-30(12-4-1)35-25-28-41(39(29-35)31-13-5-2-6-14-31)47(42-19-10-18-37-36-17-7-8-20-43(36)48-46(37)42)40-27-24-34-22-21-32-15-9-16-33-23-26-38(40)45(34)44(32)33/h1-29H. The number of furan rings is 1. The summed E-state index contributed by atoms with van der Waals surface area (Å²) in [5, 5.41) is 9.77. The molecule has 9 aromatic carbocycles. The second-order valence-corrected chi connectivity index (χ2v) is 12.5. The minimum Gasteiger partial charge on any atom is -0.454 e. The first kappa shape index (κ1) is 26.8. The molecule has 0 amide bonds. The lowest BCUT2D eigenvalue weighted by Crippen LogP contribution is -2.12. The molecule has 1 aromatic heterocycles. The van der Waals surface area contributed by atoms with Gasteiger partial charge in [-0.2, -0.15) is 0 Å². The van der Waals surface area contributed by atoms with Gasteiger partial charge in [0.15, 0.2) is 5.58 Å². The van der Waals surface area contributed by atoms with Crippen LogP contribution in [0.5, 0.6) is 0 Å². The van der Waals surface area contributed by atoms with Gasteiger partial charge in [-0.3, -0.25) is 0 Å². The Morgan fingerprint density at radius 1 is 0.354 bits per heavy atom. The molecule has 0 aliphatic rings. The molecule has 10 aromatic rings. The summed E-state index contributed by atoms with van der Waals surface area (Å²) in [4.78, 5) is 2.42. The van der Waals surface area contributed by atoms with Gasteiger partial charge in [0.1, 0.15) is 5.58 Å². The minimum absolute atomic E-state index is 0.871. The Labute approximate surface area is 278 Å². The van der Waals surface area contributed by atoms with Crippen LogP contribution in [0.15, 0.2) is 180 Å². The first-order chi connectivity index (χ1) is 23.8. The number of hydrogen-bond acceptors (Lipinski definition) is 2. The van der Waals surface area contributed by atoms with Crippen molar-refractivity contribution in [2.24, 2.45) is 0 Å². The van der Waals surface area contributed by atoms with Gasteiger partial charge in [0.2, 0.25) is 0 Å². The van der Waals surface area contributed by atoms with Crippen LogP contribution in [0, 0.1) is 0 Å². The predicted octanol–water partition coefficient (Wildman–Crippen LogP) is 13.3. The van der Waals surface area contributed by atoms with E-state index < -0.39 is 0 Å². The van der Waals surface area contributed by atoms with Crippen LogP contribution in [0.3, 0.4) is 0 Å². The first-order valence-corrected chi connectivity index (χ1v) is 16.4. The van der Waals surface area contributed by atoms with Crippen molar-refractivity contribution in [3.05, 3.63) is 176 Å². The molecule has 1 heterocycles. The molecular weight excluding hydrogens is 583 g/mol. The van der Waals surface area contributed by atoms with E-state index in [1.807, 2.05) is 6.07 Å². The molecule has 0 saturated carbocycles. The Hall–Kier alpha value is -6.38. The maximum atomic E-state index is 6.73. The maximum absolute atomic E-state index is 6.73. The minimum atomic E-state index is 0.871. The molecule has 224 valence electrons. The van der Waals surface area contributed by atoms with Gasteiger partial charge in [-0.25, -0.2) is 0 Å². The maximum Gasteiger partial charge on any atom is 0.159 e. The molecular formula is C46H29NO. The number of benzene rings is 9. The summed E-state index contributed by atoms with van der Waals surface area (Å²) in [5.74, 6) is 0. The van der Waals surface area contributed by atoms with Gasteiger partial charge < -0.3 is 9.32 Å². The van der Waals surface area contributed by atoms with Crippen molar-refractivity contribution in [3.8, 4) is 22.3 Å². The zero-order valence-electron chi connectivity index (χ0n) is 26.1. The topological polar surface area (TPSA) is 16.4 Å². The molecule has 0 N–H and O–H groups in total. The van der Waals surface area contributed by atoms with Crippen LogP contribution in [-0.2, 0) is 0 Å². The largest absolute Gasteiger partial charge is 0.454 e. The van der Waals surface area contributed by atoms with Gasteiger partial charge in [-0.1, -0.05) is 146 Å². The van der Waals surface area contributed by atoms with E-state index in [1.165, 1.54) is 43.4 Å². The van der Waals surface area contributed by atoms with Crippen LogP contribution in [0.1, 0.15) is 0 Å². The molecule has 2 heteroatoms. The Morgan fingerprint density at radius 2 is 0.979 bits per heavy atom. The molecule has 48 heavy (non-hydrogen) atoms. The van der Waals surface area contributed by atoms with Crippen molar-refractivity contribution in [2.45, 2.75) is 0 Å². The summed E-state index contributed by atoms with van der Waals surface area (Å²) in [5.41, 5.74) is 9.63. The molecule has 0 aliphatic carbocycles. The Morgan fingerprint density at radius 3 is 1.79 bits per heavy atom. The second kappa shape index (κ2) is 10.6. The van der Waals surface area contributed by atoms with E-state index in [0.717, 1.165) is 50.1 Å². The molecule has 0 fully saturated rings. The fourth-order valence-corrected chi connectivity index (χ4v) is 7.60. The lowest BCUT2D eigenvalue weighted by Gasteiger charge is -2.30. The molecule has 0 unspecified atom stereocenters. The molecule has 0 spiro atoms. The molecule has 0 atom stereocenters. The van der Waals surface area contributed by atoms with Crippen molar-refractivity contribution in [1.82, 2.24) is 0 Å². The summed E-state index contributed by atoms with van der Waals surface area (Å²) in [6.07, 6.45) is 0. The van der Waals surface area contributed by atoms with Crippen molar-refractivity contribution < 1.29 is 4.42 Å². The number of nitrogens with zero attached hydrogens (tertiary/aromatic N) is 1. The van der Waals surface area contributed by atoms with Gasteiger partial charge in [-0.05, 0) is 74.0 Å². The fourth-order valence-electron chi connectivity index (χ4n) is 7.60. The Bertz CT molecular complexity index is 2760. The van der Waals surface area contributed by atoms with Gasteiger partial charge in [-0.15, -0.1) is 0 Å². The van der Waals surface area contributed by atoms with Crippen molar-refractivity contribution in [3.63, 3.8) is 0 Å². The Kier molecular flexibility index (Phi) is 5.91. The van der Waals surface area contributed by atoms with Gasteiger partial charge >= 0.3 is 0 Å². The average molecular weight is 612 g/mol. The van der Waals surface area contributed by atoms with Crippen molar-refractivity contribution in [1.29, 1.82) is 0 Å². The Balaban J connectivity index is 1.33. The third-order valence-corrected chi connectivity index (χ3v) is 9.80. The highest BCUT2D eigenvalue weighted by Crippen LogP contribution is 2.49. The van der Waals surface area contributed by atoms with Crippen LogP contribution in [0.25, 0.3) is 76.5 Å². The molecule has 2 nitrogen and oxygen atoms in total. The number of rotatable bonds is 5. The van der Waals surface area contributed by atoms with E-state index in [4.69, 9.17) is 4.42 Å². The van der Waals surface area contributed by atoms with Crippen LogP contribution < -0.4 is 4.90 Å². The van der Waals surface area contributed by atoms with E-state index >= 15 is 0 Å². The van der Waals surface area contributed by atoms with Crippen LogP contribution >= 0.6 is 0 Å². The highest BCUT2D eigenvalue weighted by atomic mass is 16.3. The van der Waals surface area contributed by atoms with E-state index in [0.29, 0.717) is 0 Å². The zero-order valence-corrected chi connectivity index (χ0v) is 26.1. The summed E-state index contributed by atoms with van der Waals surface area (Å²) >= 11 is 0. The second-order valence-electron chi connectivity index (χ2n) is 12.5. The molecule has 0 radical (unpaired) electrons. The predicted molar refractivity (Wildman–Crippen MR) is 203 cm³/mol. The van der Waals surface area contributed by atoms with E-state index in [9.17, 15) is 0 Å². The average Bonchev–Trinajstić information content (AvgIpc) is 3.55. The van der Waals surface area contributed by atoms with Gasteiger partial charge in [0.25, 0.3) is 0 Å². The van der Waals surface area contributed by atoms with E-state index in [-0.39, 0.29) is 0 Å². The number of para-hydroxylation sites is 2. The van der Waals surface area contributed by atoms with Crippen LogP contribution in [-0.4, -0.2) is 0 Å². The summed E-state index contributed by atoms with van der Waals surface area (Å²) in [6, 6.07) is 63.3. The van der Waals surface area contributed by atoms with Crippen LogP contribution in [0.4, 0.5) is 17.1 Å². The zero-order chi connectivity index (χ0) is 31.6. The fraction of sp³-hybridized carbons (Fsp3) is 0. The van der Waals surface area contributed by atoms with Crippen LogP contribution in [0.2, 0.25) is 0 Å². The quantitative estimate of drug-likeness (QED) is 0.180. The third-order valence-electron chi connectivity index (χ3n) is 9.80. The molecule has 0 aliphatic heterocycles. The number of hydrogen-bond donors (Lipinski definition) is 0. The number of fused-ring (bicyclic) bond motifs is 3. The summed E-state index contributed by atoms with van der Waals surface area (Å²) in [7, 11) is 0. The van der Waals surface area contributed by atoms with Crippen molar-refractivity contribution in [2.75, 3.05) is 4.90 Å². The first-order valence-electron chi connectivity index (χ1n) is 16.4. The molecule has 0 bridgehead atoms. The highest BCUT2D eigenvalue weighted by molar-refractivity contribution is 6.26. The van der Waals surface area contributed by atoms with E-state index in [1.54, 1.807) is 0 Å². The molecule has 0 saturated heterocycles. The lowest BCUT2D eigenvalue weighted by atomic mass is 9.92.